The lowest BCUT2D eigenvalue weighted by molar-refractivity contribution is 0.0484. The molecule has 0 heterocycles. The number of hydrogen-bond acceptors (Lipinski definition) is 8. The molecular weight excluding hydrogens is 384 g/mol. The van der Waals surface area contributed by atoms with Crippen LogP contribution in [0, 0.1) is 0 Å². The Morgan fingerprint density at radius 2 is 0.833 bits per heavy atom. The van der Waals surface area contributed by atoms with Crippen LogP contribution in [-0.4, -0.2) is 25.2 Å². The average molecular weight is 415 g/mol. The van der Waals surface area contributed by atoms with Crippen molar-refractivity contribution in [2.45, 2.75) is 38.5 Å². The number of hydrogen-bond donors (Lipinski definition) is 4. The highest BCUT2D eigenvalue weighted by Gasteiger charge is 2.09. The van der Waals surface area contributed by atoms with Gasteiger partial charge in [-0.2, -0.15) is 0 Å². The molecule has 8 nitrogen and oxygen atoms in total. The third kappa shape index (κ3) is 7.90. The number of esters is 2. The van der Waals surface area contributed by atoms with Gasteiger partial charge in [0, 0.05) is 22.7 Å². The van der Waals surface area contributed by atoms with Crippen molar-refractivity contribution < 1.29 is 19.1 Å². The van der Waals surface area contributed by atoms with Gasteiger partial charge in [0.2, 0.25) is 0 Å². The summed E-state index contributed by atoms with van der Waals surface area (Å²) in [7, 11) is 0. The van der Waals surface area contributed by atoms with Gasteiger partial charge >= 0.3 is 11.9 Å². The predicted octanol–water partition coefficient (Wildman–Crippen LogP) is 3.37. The van der Waals surface area contributed by atoms with Crippen LogP contribution in [0.3, 0.4) is 0 Å². The van der Waals surface area contributed by atoms with E-state index in [4.69, 9.17) is 32.4 Å². The maximum Gasteiger partial charge on any atom is 0.338 e. The standard InChI is InChI=1S/C22H30N4O4/c23-17-9-15(10-18(24)13-17)21(27)29-7-5-3-1-2-4-6-8-30-22(28)16-11-19(25)14-20(26)12-16/h9-14H,1-8,23-26H2. The Bertz CT molecular complexity index is 758. The molecule has 0 aromatic heterocycles. The summed E-state index contributed by atoms with van der Waals surface area (Å²) < 4.78 is 10.5. The third-order valence-corrected chi connectivity index (χ3v) is 4.43. The first-order valence-electron chi connectivity index (χ1n) is 10.0. The van der Waals surface area contributed by atoms with E-state index in [2.05, 4.69) is 0 Å². The molecule has 0 aliphatic heterocycles. The number of anilines is 4. The fourth-order valence-corrected chi connectivity index (χ4v) is 3.00. The van der Waals surface area contributed by atoms with Crippen LogP contribution in [0.15, 0.2) is 36.4 Å². The first-order chi connectivity index (χ1) is 14.3. The highest BCUT2D eigenvalue weighted by atomic mass is 16.5. The molecule has 162 valence electrons. The van der Waals surface area contributed by atoms with E-state index in [-0.39, 0.29) is 0 Å². The van der Waals surface area contributed by atoms with Crippen LogP contribution in [0.5, 0.6) is 0 Å². The maximum absolute atomic E-state index is 12.0. The average Bonchev–Trinajstić information content (AvgIpc) is 2.67. The molecule has 0 radical (unpaired) electrons. The van der Waals surface area contributed by atoms with Crippen LogP contribution < -0.4 is 22.9 Å². The topological polar surface area (TPSA) is 157 Å². The zero-order chi connectivity index (χ0) is 21.9. The molecule has 0 aliphatic rings. The molecule has 0 saturated heterocycles. The maximum atomic E-state index is 12.0. The molecule has 8 N–H and O–H groups in total. The molecule has 8 heteroatoms. The minimum Gasteiger partial charge on any atom is -0.462 e. The van der Waals surface area contributed by atoms with E-state index >= 15 is 0 Å². The quantitative estimate of drug-likeness (QED) is 0.248. The zero-order valence-electron chi connectivity index (χ0n) is 17.1. The Morgan fingerprint density at radius 3 is 1.17 bits per heavy atom. The van der Waals surface area contributed by atoms with Crippen LogP contribution >= 0.6 is 0 Å². The fraction of sp³-hybridized carbons (Fsp3) is 0.364. The first-order valence-corrected chi connectivity index (χ1v) is 10.0. The number of ether oxygens (including phenoxy) is 2. The van der Waals surface area contributed by atoms with E-state index in [1.165, 1.54) is 0 Å². The largest absolute Gasteiger partial charge is 0.462 e. The molecule has 0 spiro atoms. The van der Waals surface area contributed by atoms with Crippen LogP contribution in [0.2, 0.25) is 0 Å². The van der Waals surface area contributed by atoms with Gasteiger partial charge in [-0.25, -0.2) is 9.59 Å². The number of carbonyl (C=O) groups excluding carboxylic acids is 2. The summed E-state index contributed by atoms with van der Waals surface area (Å²) in [6, 6.07) is 9.37. The van der Waals surface area contributed by atoms with Gasteiger partial charge in [-0.1, -0.05) is 25.7 Å². The van der Waals surface area contributed by atoms with Crippen LogP contribution in [0.1, 0.15) is 59.2 Å². The smallest absolute Gasteiger partial charge is 0.338 e. The third-order valence-electron chi connectivity index (χ3n) is 4.43. The molecule has 30 heavy (non-hydrogen) atoms. The zero-order valence-corrected chi connectivity index (χ0v) is 17.1. The number of carbonyl (C=O) groups is 2. The molecule has 2 aromatic carbocycles. The number of unbranched alkanes of at least 4 members (excludes halogenated alkanes) is 5. The van der Waals surface area contributed by atoms with E-state index in [1.54, 1.807) is 36.4 Å². The Morgan fingerprint density at radius 1 is 0.533 bits per heavy atom. The van der Waals surface area contributed by atoms with Crippen molar-refractivity contribution in [3.05, 3.63) is 47.5 Å². The van der Waals surface area contributed by atoms with Crippen molar-refractivity contribution in [3.63, 3.8) is 0 Å². The summed E-state index contributed by atoms with van der Waals surface area (Å²) in [5.41, 5.74) is 25.2. The first kappa shape index (κ1) is 22.9. The lowest BCUT2D eigenvalue weighted by Crippen LogP contribution is -2.08. The second-order valence-electron chi connectivity index (χ2n) is 7.17. The minimum atomic E-state index is -0.419. The Kier molecular flexibility index (Phi) is 8.80. The van der Waals surface area contributed by atoms with E-state index in [0.717, 1.165) is 38.5 Å². The van der Waals surface area contributed by atoms with Gasteiger partial charge in [0.25, 0.3) is 0 Å². The van der Waals surface area contributed by atoms with Gasteiger partial charge in [0.15, 0.2) is 0 Å². The molecule has 0 atom stereocenters. The summed E-state index contributed by atoms with van der Waals surface area (Å²) in [4.78, 5) is 23.9. The number of rotatable bonds is 11. The Labute approximate surface area is 176 Å². The van der Waals surface area contributed by atoms with Crippen molar-refractivity contribution >= 4 is 34.7 Å². The molecule has 0 fully saturated rings. The molecule has 0 saturated carbocycles. The van der Waals surface area contributed by atoms with Gasteiger partial charge in [-0.15, -0.1) is 0 Å². The Balaban J connectivity index is 1.50. The monoisotopic (exact) mass is 414 g/mol. The minimum absolute atomic E-state index is 0.356. The van der Waals surface area contributed by atoms with E-state index in [0.29, 0.717) is 47.1 Å². The normalized spacial score (nSPS) is 10.5. The molecule has 2 aromatic rings. The Hall–Kier alpha value is -3.42. The van der Waals surface area contributed by atoms with Crippen molar-refractivity contribution in [1.82, 2.24) is 0 Å². The van der Waals surface area contributed by atoms with E-state index in [1.807, 2.05) is 0 Å². The summed E-state index contributed by atoms with van der Waals surface area (Å²) in [6.45, 7) is 0.711. The van der Waals surface area contributed by atoms with E-state index < -0.39 is 11.9 Å². The van der Waals surface area contributed by atoms with E-state index in [9.17, 15) is 9.59 Å². The number of nitrogens with two attached hydrogens (primary N) is 4. The second kappa shape index (κ2) is 11.5. The van der Waals surface area contributed by atoms with Crippen molar-refractivity contribution in [3.8, 4) is 0 Å². The molecule has 0 amide bonds. The van der Waals surface area contributed by atoms with Gasteiger partial charge in [-0.3, -0.25) is 0 Å². The second-order valence-corrected chi connectivity index (χ2v) is 7.17. The summed E-state index contributed by atoms with van der Waals surface area (Å²) in [5, 5.41) is 0. The molecule has 0 aliphatic carbocycles. The van der Waals surface area contributed by atoms with Gasteiger partial charge in [0.1, 0.15) is 0 Å². The highest BCUT2D eigenvalue weighted by molar-refractivity contribution is 5.92. The van der Waals surface area contributed by atoms with Crippen LogP contribution in [0.4, 0.5) is 22.7 Å². The summed E-state index contributed by atoms with van der Waals surface area (Å²) in [5.74, 6) is -0.838. The summed E-state index contributed by atoms with van der Waals surface area (Å²) >= 11 is 0. The lowest BCUT2D eigenvalue weighted by atomic mass is 10.1. The highest BCUT2D eigenvalue weighted by Crippen LogP contribution is 2.16. The van der Waals surface area contributed by atoms with Gasteiger partial charge in [-0.05, 0) is 49.2 Å². The SMILES string of the molecule is Nc1cc(N)cc(C(=O)OCCCCCCCCOC(=O)c2cc(N)cc(N)c2)c1. The number of benzene rings is 2. The lowest BCUT2D eigenvalue weighted by Gasteiger charge is -2.07. The molecule has 0 bridgehead atoms. The summed E-state index contributed by atoms with van der Waals surface area (Å²) in [6.07, 6.45) is 5.51. The molecule has 0 unspecified atom stereocenters. The van der Waals surface area contributed by atoms with Crippen LogP contribution in [-0.2, 0) is 9.47 Å². The molecular formula is C22H30N4O4. The number of nitrogen functional groups attached to an aromatic ring is 4. The van der Waals surface area contributed by atoms with Crippen LogP contribution in [0.25, 0.3) is 0 Å². The molecule has 2 rings (SSSR count). The van der Waals surface area contributed by atoms with Gasteiger partial charge < -0.3 is 32.4 Å². The van der Waals surface area contributed by atoms with Crippen molar-refractivity contribution in [2.75, 3.05) is 36.1 Å². The predicted molar refractivity (Wildman–Crippen MR) is 119 cm³/mol. The van der Waals surface area contributed by atoms with Crippen molar-refractivity contribution in [1.29, 1.82) is 0 Å². The van der Waals surface area contributed by atoms with Crippen molar-refractivity contribution in [2.24, 2.45) is 0 Å². The fourth-order valence-electron chi connectivity index (χ4n) is 3.00. The van der Waals surface area contributed by atoms with Gasteiger partial charge in [0.05, 0.1) is 24.3 Å².